The highest BCUT2D eigenvalue weighted by Gasteiger charge is 2.08. The molecule has 2 aromatic carbocycles. The van der Waals surface area contributed by atoms with Gasteiger partial charge in [-0.2, -0.15) is 0 Å². The molecule has 0 aliphatic heterocycles. The van der Waals surface area contributed by atoms with Crippen LogP contribution in [0.2, 0.25) is 0 Å². The van der Waals surface area contributed by atoms with Crippen molar-refractivity contribution < 1.29 is 9.21 Å². The van der Waals surface area contributed by atoms with Crippen LogP contribution in [0.5, 0.6) is 0 Å². The second-order valence-electron chi connectivity index (χ2n) is 4.64. The molecule has 1 heterocycles. The SMILES string of the molecule is Cc1ccccc1CNC(=O)c1ccc2ocnc2c1. The Labute approximate surface area is 116 Å². The van der Waals surface area contributed by atoms with Crippen LogP contribution < -0.4 is 5.32 Å². The third kappa shape index (κ3) is 2.40. The molecule has 100 valence electrons. The van der Waals surface area contributed by atoms with Gasteiger partial charge in [-0.25, -0.2) is 4.98 Å². The van der Waals surface area contributed by atoms with Crippen LogP contribution in [-0.2, 0) is 6.54 Å². The topological polar surface area (TPSA) is 55.1 Å². The van der Waals surface area contributed by atoms with Crippen LogP contribution in [0.1, 0.15) is 21.5 Å². The molecule has 3 aromatic rings. The first-order valence-corrected chi connectivity index (χ1v) is 6.40. The van der Waals surface area contributed by atoms with Crippen molar-refractivity contribution in [1.82, 2.24) is 10.3 Å². The Hall–Kier alpha value is -2.62. The molecule has 0 bridgehead atoms. The highest BCUT2D eigenvalue weighted by atomic mass is 16.3. The fraction of sp³-hybridized carbons (Fsp3) is 0.125. The van der Waals surface area contributed by atoms with Gasteiger partial charge >= 0.3 is 0 Å². The number of hydrogen-bond acceptors (Lipinski definition) is 3. The molecule has 0 radical (unpaired) electrons. The highest BCUT2D eigenvalue weighted by molar-refractivity contribution is 5.97. The van der Waals surface area contributed by atoms with Crippen molar-refractivity contribution >= 4 is 17.0 Å². The number of fused-ring (bicyclic) bond motifs is 1. The van der Waals surface area contributed by atoms with Crippen LogP contribution in [0, 0.1) is 6.92 Å². The lowest BCUT2D eigenvalue weighted by Crippen LogP contribution is -2.23. The van der Waals surface area contributed by atoms with E-state index in [1.54, 1.807) is 18.2 Å². The first kappa shape index (κ1) is 12.4. The minimum atomic E-state index is -0.113. The van der Waals surface area contributed by atoms with Crippen molar-refractivity contribution in [2.75, 3.05) is 0 Å². The third-order valence-electron chi connectivity index (χ3n) is 3.29. The predicted octanol–water partition coefficient (Wildman–Crippen LogP) is 3.07. The molecule has 1 N–H and O–H groups in total. The number of carbonyl (C=O) groups is 1. The fourth-order valence-corrected chi connectivity index (χ4v) is 2.09. The number of aromatic nitrogens is 1. The Bertz CT molecular complexity index is 762. The molecule has 0 unspecified atom stereocenters. The predicted molar refractivity (Wildman–Crippen MR) is 76.4 cm³/mol. The molecule has 0 aliphatic carbocycles. The second-order valence-corrected chi connectivity index (χ2v) is 4.64. The molecule has 4 heteroatoms. The summed E-state index contributed by atoms with van der Waals surface area (Å²) in [6.45, 7) is 2.55. The molecule has 1 amide bonds. The maximum Gasteiger partial charge on any atom is 0.251 e. The van der Waals surface area contributed by atoms with Crippen molar-refractivity contribution in [2.45, 2.75) is 13.5 Å². The summed E-state index contributed by atoms with van der Waals surface area (Å²) in [4.78, 5) is 16.2. The monoisotopic (exact) mass is 266 g/mol. The van der Waals surface area contributed by atoms with Gasteiger partial charge in [0.2, 0.25) is 0 Å². The molecule has 0 saturated carbocycles. The van der Waals surface area contributed by atoms with E-state index in [9.17, 15) is 4.79 Å². The lowest BCUT2D eigenvalue weighted by molar-refractivity contribution is 0.0951. The fourth-order valence-electron chi connectivity index (χ4n) is 2.09. The standard InChI is InChI=1S/C16H14N2O2/c1-11-4-2-3-5-13(11)9-17-16(19)12-6-7-15-14(8-12)18-10-20-15/h2-8,10H,9H2,1H3,(H,17,19). The van der Waals surface area contributed by atoms with E-state index in [1.807, 2.05) is 31.2 Å². The minimum absolute atomic E-state index is 0.113. The molecule has 3 rings (SSSR count). The normalized spacial score (nSPS) is 10.7. The summed E-state index contributed by atoms with van der Waals surface area (Å²) in [6.07, 6.45) is 1.37. The Morgan fingerprint density at radius 3 is 2.95 bits per heavy atom. The first-order valence-electron chi connectivity index (χ1n) is 6.40. The van der Waals surface area contributed by atoms with Gasteiger partial charge < -0.3 is 9.73 Å². The summed E-state index contributed by atoms with van der Waals surface area (Å²) in [5.41, 5.74) is 4.23. The van der Waals surface area contributed by atoms with Gasteiger partial charge in [-0.05, 0) is 36.2 Å². The zero-order chi connectivity index (χ0) is 13.9. The molecular weight excluding hydrogens is 252 g/mol. The summed E-state index contributed by atoms with van der Waals surface area (Å²) in [5.74, 6) is -0.113. The number of nitrogens with zero attached hydrogens (tertiary/aromatic N) is 1. The van der Waals surface area contributed by atoms with Crippen molar-refractivity contribution in [1.29, 1.82) is 0 Å². The van der Waals surface area contributed by atoms with Gasteiger partial charge in [0.15, 0.2) is 12.0 Å². The average Bonchev–Trinajstić information content (AvgIpc) is 2.93. The van der Waals surface area contributed by atoms with Crippen LogP contribution in [0.25, 0.3) is 11.1 Å². The third-order valence-corrected chi connectivity index (χ3v) is 3.29. The summed E-state index contributed by atoms with van der Waals surface area (Å²) in [6, 6.07) is 13.2. The average molecular weight is 266 g/mol. The van der Waals surface area contributed by atoms with Gasteiger partial charge in [0.1, 0.15) is 5.52 Å². The van der Waals surface area contributed by atoms with Gasteiger partial charge in [-0.3, -0.25) is 4.79 Å². The maximum absolute atomic E-state index is 12.1. The number of hydrogen-bond donors (Lipinski definition) is 1. The Morgan fingerprint density at radius 1 is 1.25 bits per heavy atom. The number of amides is 1. The van der Waals surface area contributed by atoms with E-state index in [2.05, 4.69) is 10.3 Å². The zero-order valence-electron chi connectivity index (χ0n) is 11.1. The number of aryl methyl sites for hydroxylation is 1. The lowest BCUT2D eigenvalue weighted by atomic mass is 10.1. The van der Waals surface area contributed by atoms with Crippen LogP contribution in [-0.4, -0.2) is 10.9 Å². The number of nitrogens with one attached hydrogen (secondary N) is 1. The second kappa shape index (κ2) is 5.17. The number of carbonyl (C=O) groups excluding carboxylic acids is 1. The Balaban J connectivity index is 1.74. The van der Waals surface area contributed by atoms with Crippen molar-refractivity contribution in [3.8, 4) is 0 Å². The van der Waals surface area contributed by atoms with Gasteiger partial charge in [0.05, 0.1) is 0 Å². The van der Waals surface area contributed by atoms with E-state index < -0.39 is 0 Å². The highest BCUT2D eigenvalue weighted by Crippen LogP contribution is 2.14. The largest absolute Gasteiger partial charge is 0.443 e. The van der Waals surface area contributed by atoms with Gasteiger partial charge in [0.25, 0.3) is 5.91 Å². The van der Waals surface area contributed by atoms with E-state index in [0.717, 1.165) is 5.56 Å². The summed E-state index contributed by atoms with van der Waals surface area (Å²) in [7, 11) is 0. The van der Waals surface area contributed by atoms with Crippen molar-refractivity contribution in [3.63, 3.8) is 0 Å². The van der Waals surface area contributed by atoms with Crippen LogP contribution >= 0.6 is 0 Å². The van der Waals surface area contributed by atoms with Crippen LogP contribution in [0.4, 0.5) is 0 Å². The zero-order valence-corrected chi connectivity index (χ0v) is 11.1. The number of oxazole rings is 1. The lowest BCUT2D eigenvalue weighted by Gasteiger charge is -2.07. The minimum Gasteiger partial charge on any atom is -0.443 e. The number of benzene rings is 2. The van der Waals surface area contributed by atoms with Crippen LogP contribution in [0.3, 0.4) is 0 Å². The van der Waals surface area contributed by atoms with Crippen molar-refractivity contribution in [2.24, 2.45) is 0 Å². The quantitative estimate of drug-likeness (QED) is 0.792. The molecular formula is C16H14N2O2. The molecule has 0 spiro atoms. The van der Waals surface area contributed by atoms with Gasteiger partial charge in [-0.15, -0.1) is 0 Å². The first-order chi connectivity index (χ1) is 9.74. The summed E-state index contributed by atoms with van der Waals surface area (Å²) < 4.78 is 5.15. The Kier molecular flexibility index (Phi) is 3.21. The van der Waals surface area contributed by atoms with Gasteiger partial charge in [0, 0.05) is 12.1 Å². The summed E-state index contributed by atoms with van der Waals surface area (Å²) in [5, 5.41) is 2.92. The molecule has 0 saturated heterocycles. The number of rotatable bonds is 3. The van der Waals surface area contributed by atoms with E-state index >= 15 is 0 Å². The van der Waals surface area contributed by atoms with E-state index in [4.69, 9.17) is 4.42 Å². The smallest absolute Gasteiger partial charge is 0.251 e. The van der Waals surface area contributed by atoms with E-state index in [0.29, 0.717) is 23.2 Å². The van der Waals surface area contributed by atoms with E-state index in [1.165, 1.54) is 12.0 Å². The molecule has 0 atom stereocenters. The van der Waals surface area contributed by atoms with Gasteiger partial charge in [-0.1, -0.05) is 24.3 Å². The molecule has 0 aliphatic rings. The maximum atomic E-state index is 12.1. The van der Waals surface area contributed by atoms with Crippen LogP contribution in [0.15, 0.2) is 53.3 Å². The Morgan fingerprint density at radius 2 is 2.10 bits per heavy atom. The summed E-state index contributed by atoms with van der Waals surface area (Å²) >= 11 is 0. The molecule has 1 aromatic heterocycles. The molecule has 0 fully saturated rings. The van der Waals surface area contributed by atoms with Crippen molar-refractivity contribution in [3.05, 3.63) is 65.5 Å². The molecule has 20 heavy (non-hydrogen) atoms. The van der Waals surface area contributed by atoms with E-state index in [-0.39, 0.29) is 5.91 Å². The molecule has 4 nitrogen and oxygen atoms in total.